The van der Waals surface area contributed by atoms with Crippen molar-refractivity contribution in [3.63, 3.8) is 0 Å². The molecule has 0 aliphatic rings. The van der Waals surface area contributed by atoms with Gasteiger partial charge in [-0.05, 0) is 123 Å². The maximum atomic E-state index is 11.7. The minimum absolute atomic E-state index is 0.0485. The van der Waals surface area contributed by atoms with Crippen molar-refractivity contribution in [2.24, 2.45) is 20.5 Å². The molecule has 0 unspecified atom stereocenters. The van der Waals surface area contributed by atoms with Crippen LogP contribution in [0.25, 0.3) is 0 Å². The summed E-state index contributed by atoms with van der Waals surface area (Å²) < 4.78 is 65.2. The van der Waals surface area contributed by atoms with Crippen LogP contribution in [0.1, 0.15) is 27.8 Å². The van der Waals surface area contributed by atoms with Crippen LogP contribution in [0, 0.1) is 34.6 Å². The lowest BCUT2D eigenvalue weighted by Crippen LogP contribution is -2.16. The first-order valence-electron chi connectivity index (χ1n) is 15.3. The van der Waals surface area contributed by atoms with Gasteiger partial charge in [0.2, 0.25) is 17.8 Å². The van der Waals surface area contributed by atoms with E-state index in [9.17, 15) is 25.9 Å². The van der Waals surface area contributed by atoms with Gasteiger partial charge in [0.15, 0.2) is 0 Å². The number of rotatable bonds is 12. The summed E-state index contributed by atoms with van der Waals surface area (Å²) in [5, 5.41) is 26.4. The highest BCUT2D eigenvalue weighted by Gasteiger charge is 2.16. The van der Waals surface area contributed by atoms with Crippen molar-refractivity contribution in [3.05, 3.63) is 99.6 Å². The molecule has 0 saturated heterocycles. The second-order valence-electron chi connectivity index (χ2n) is 11.7. The quantitative estimate of drug-likeness (QED) is 0.0592. The molecule has 5 rings (SSSR count). The fourth-order valence-electron chi connectivity index (χ4n) is 4.71. The van der Waals surface area contributed by atoms with Crippen LogP contribution in [0.5, 0.6) is 0 Å². The number of hydrogen-bond donors (Lipinski definition) is 5. The molecule has 0 spiro atoms. The van der Waals surface area contributed by atoms with E-state index in [0.29, 0.717) is 50.1 Å². The molecule has 270 valence electrons. The minimum atomic E-state index is -4.43. The average Bonchev–Trinajstić information content (AvgIpc) is 3.06. The Bertz CT molecular complexity index is 2440. The molecule has 0 aliphatic heterocycles. The molecule has 0 atom stereocenters. The van der Waals surface area contributed by atoms with Crippen molar-refractivity contribution in [1.29, 1.82) is 0 Å². The average molecular weight is 765 g/mol. The zero-order valence-electron chi connectivity index (χ0n) is 28.4. The number of azo groups is 2. The summed E-state index contributed by atoms with van der Waals surface area (Å²) in [6, 6.07) is 18.5. The van der Waals surface area contributed by atoms with Gasteiger partial charge < -0.3 is 16.0 Å². The second-order valence-corrected chi connectivity index (χ2v) is 14.9. The minimum Gasteiger partial charge on any atom is -0.338 e. The van der Waals surface area contributed by atoms with E-state index < -0.39 is 26.1 Å². The third-order valence-electron chi connectivity index (χ3n) is 7.45. The fraction of sp³-hybridized carbons (Fsp3) is 0.182. The molecule has 52 heavy (non-hydrogen) atoms. The first kappa shape index (κ1) is 37.8. The van der Waals surface area contributed by atoms with Crippen LogP contribution in [0.2, 0.25) is 5.02 Å². The fourth-order valence-corrected chi connectivity index (χ4v) is 5.89. The van der Waals surface area contributed by atoms with Crippen LogP contribution in [-0.2, 0) is 20.2 Å². The molecule has 19 heteroatoms. The van der Waals surface area contributed by atoms with Gasteiger partial charge in [-0.1, -0.05) is 17.7 Å². The Labute approximate surface area is 305 Å². The number of nitrogens with zero attached hydrogens (tertiary/aromatic N) is 7. The molecule has 1 heterocycles. The molecule has 0 aliphatic carbocycles. The first-order chi connectivity index (χ1) is 24.4. The van der Waals surface area contributed by atoms with E-state index in [1.165, 1.54) is 12.1 Å². The van der Waals surface area contributed by atoms with Crippen LogP contribution in [-0.4, -0.2) is 46.8 Å². The van der Waals surface area contributed by atoms with Crippen LogP contribution in [0.3, 0.4) is 0 Å². The van der Waals surface area contributed by atoms with Crippen LogP contribution in [0.15, 0.2) is 92.1 Å². The van der Waals surface area contributed by atoms with Gasteiger partial charge in [0.1, 0.15) is 5.88 Å². The molecular weight excluding hydrogens is 732 g/mol. The van der Waals surface area contributed by atoms with E-state index in [-0.39, 0.29) is 28.4 Å². The topological polar surface area (TPSA) is 233 Å². The van der Waals surface area contributed by atoms with Gasteiger partial charge in [0.25, 0.3) is 20.2 Å². The lowest BCUT2D eigenvalue weighted by Gasteiger charge is -2.15. The largest absolute Gasteiger partial charge is 0.338 e. The van der Waals surface area contributed by atoms with Crippen LogP contribution in [0.4, 0.5) is 52.0 Å². The zero-order valence-corrected chi connectivity index (χ0v) is 30.8. The van der Waals surface area contributed by atoms with Crippen molar-refractivity contribution in [2.45, 2.75) is 39.5 Å². The Kier molecular flexibility index (Phi) is 11.3. The predicted octanol–water partition coefficient (Wildman–Crippen LogP) is 8.89. The summed E-state index contributed by atoms with van der Waals surface area (Å²) in [7, 11) is -8.84. The summed E-state index contributed by atoms with van der Waals surface area (Å²) in [5.41, 5.74) is 6.58. The van der Waals surface area contributed by atoms with Crippen LogP contribution < -0.4 is 16.0 Å². The highest BCUT2D eigenvalue weighted by atomic mass is 35.5. The third kappa shape index (κ3) is 10.1. The molecule has 0 bridgehead atoms. The molecular formula is C33H33ClN10O6S2. The van der Waals surface area contributed by atoms with Crippen molar-refractivity contribution in [3.8, 4) is 0 Å². The van der Waals surface area contributed by atoms with E-state index >= 15 is 0 Å². The number of aryl methyl sites for hydroxylation is 5. The van der Waals surface area contributed by atoms with E-state index in [1.54, 1.807) is 63.2 Å². The standard InChI is InChI=1S/C33H33ClN10O6S2/c1-18-6-9-25(16-30(18)52(48,49)50)42-44-29-15-20(3)27(13-22(29)5)37-33-39-31(35-17-51(45,46)47)38-32(40-33)36-26-12-21(4)28(14-19(26)2)43-41-24-10-7-23(34)8-11-24/h6-16H,17H2,1-5H3,(H,45,46,47)(H,48,49,50)(H3,35,36,37,38,39,40)/b43-41+,44-42+. The number of anilines is 5. The van der Waals surface area contributed by atoms with Crippen molar-refractivity contribution < 1.29 is 25.9 Å². The van der Waals surface area contributed by atoms with E-state index in [0.717, 1.165) is 11.1 Å². The molecule has 0 amide bonds. The normalized spacial score (nSPS) is 12.1. The van der Waals surface area contributed by atoms with Gasteiger partial charge in [-0.15, -0.1) is 0 Å². The summed E-state index contributed by atoms with van der Waals surface area (Å²) in [6.07, 6.45) is 0. The monoisotopic (exact) mass is 764 g/mol. The van der Waals surface area contributed by atoms with Gasteiger partial charge in [-0.3, -0.25) is 9.11 Å². The smallest absolute Gasteiger partial charge is 0.294 e. The van der Waals surface area contributed by atoms with Crippen LogP contribution >= 0.6 is 11.6 Å². The predicted molar refractivity (Wildman–Crippen MR) is 199 cm³/mol. The van der Waals surface area contributed by atoms with E-state index in [4.69, 9.17) is 11.6 Å². The van der Waals surface area contributed by atoms with Crippen molar-refractivity contribution in [1.82, 2.24) is 15.0 Å². The Balaban J connectivity index is 1.41. The first-order valence-corrected chi connectivity index (χ1v) is 18.7. The summed E-state index contributed by atoms with van der Waals surface area (Å²) >= 11 is 5.96. The van der Waals surface area contributed by atoms with Gasteiger partial charge in [0, 0.05) is 16.4 Å². The van der Waals surface area contributed by atoms with Gasteiger partial charge in [-0.25, -0.2) is 0 Å². The molecule has 5 aromatic rings. The molecule has 4 aromatic carbocycles. The Hall–Kier alpha value is -5.40. The van der Waals surface area contributed by atoms with Gasteiger partial charge in [-0.2, -0.15) is 52.2 Å². The molecule has 1 aromatic heterocycles. The zero-order chi connectivity index (χ0) is 37.8. The maximum absolute atomic E-state index is 11.7. The Morgan fingerprint density at radius 2 is 1.08 bits per heavy atom. The number of hydrogen-bond acceptors (Lipinski definition) is 14. The van der Waals surface area contributed by atoms with Crippen molar-refractivity contribution >= 4 is 83.8 Å². The molecule has 5 N–H and O–H groups in total. The number of aromatic nitrogens is 3. The molecule has 0 radical (unpaired) electrons. The van der Waals surface area contributed by atoms with Gasteiger partial charge in [0.05, 0.1) is 27.6 Å². The number of halogens is 1. The lowest BCUT2D eigenvalue weighted by molar-refractivity contribution is 0.481. The van der Waals surface area contributed by atoms with E-state index in [2.05, 4.69) is 51.4 Å². The number of benzene rings is 4. The third-order valence-corrected chi connectivity index (χ3v) is 9.21. The molecule has 0 fully saturated rings. The lowest BCUT2D eigenvalue weighted by atomic mass is 10.1. The number of nitrogens with one attached hydrogen (secondary N) is 3. The Morgan fingerprint density at radius 3 is 1.58 bits per heavy atom. The second kappa shape index (κ2) is 15.5. The SMILES string of the molecule is Cc1cc(Nc2nc(NCS(=O)(=O)O)nc(Nc3cc(C)c(/N=N/c4ccc(C)c(S(=O)(=O)O)c4)cc3C)n2)c(C)cc1/N=N/c1ccc(Cl)cc1. The summed E-state index contributed by atoms with van der Waals surface area (Å²) in [4.78, 5) is 12.8. The van der Waals surface area contributed by atoms with Crippen molar-refractivity contribution in [2.75, 3.05) is 21.8 Å². The summed E-state index contributed by atoms with van der Waals surface area (Å²) in [5.74, 6) is -0.864. The maximum Gasteiger partial charge on any atom is 0.294 e. The molecule has 0 saturated carbocycles. The highest BCUT2D eigenvalue weighted by molar-refractivity contribution is 7.86. The Morgan fingerprint density at radius 1 is 0.596 bits per heavy atom. The van der Waals surface area contributed by atoms with E-state index in [1.807, 2.05) is 26.0 Å². The van der Waals surface area contributed by atoms with Gasteiger partial charge >= 0.3 is 0 Å². The summed E-state index contributed by atoms with van der Waals surface area (Å²) in [6.45, 7) is 8.88. The molecule has 16 nitrogen and oxygen atoms in total. The highest BCUT2D eigenvalue weighted by Crippen LogP contribution is 2.32.